The van der Waals surface area contributed by atoms with Gasteiger partial charge in [0, 0.05) is 13.1 Å². The number of nitrogens with zero attached hydrogens (tertiary/aromatic N) is 2. The van der Waals surface area contributed by atoms with Crippen molar-refractivity contribution in [2.24, 2.45) is 0 Å². The average Bonchev–Trinajstić information content (AvgIpc) is 2.90. The predicted molar refractivity (Wildman–Crippen MR) is 142 cm³/mol. The van der Waals surface area contributed by atoms with Crippen molar-refractivity contribution < 1.29 is 26.8 Å². The maximum Gasteiger partial charge on any atom is 0.264 e. The molecule has 0 saturated heterocycles. The van der Waals surface area contributed by atoms with Crippen LogP contribution < -0.4 is 9.62 Å². The van der Waals surface area contributed by atoms with Crippen LogP contribution in [0.15, 0.2) is 77.7 Å². The zero-order valence-corrected chi connectivity index (χ0v) is 22.5. The Morgan fingerprint density at radius 2 is 1.63 bits per heavy atom. The van der Waals surface area contributed by atoms with Crippen molar-refractivity contribution in [2.45, 2.75) is 37.8 Å². The third-order valence-corrected chi connectivity index (χ3v) is 7.88. The van der Waals surface area contributed by atoms with Crippen molar-refractivity contribution in [1.82, 2.24) is 10.2 Å². The molecule has 3 rings (SSSR count). The standard InChI is InChI=1S/C27H28ClF2N3O4S/c1-3-25(27(35)31-4-2)32(17-19-10-12-20(29)13-11-19)26(34)18-33(21-14-15-24(30)23(28)16-21)38(36,37)22-8-6-5-7-9-22/h5-16,25H,3-4,17-18H2,1-2H3,(H,31,35). The summed E-state index contributed by atoms with van der Waals surface area (Å²) in [6, 6.07) is 15.3. The molecule has 3 aromatic rings. The summed E-state index contributed by atoms with van der Waals surface area (Å²) >= 11 is 5.95. The van der Waals surface area contributed by atoms with Crippen molar-refractivity contribution in [3.05, 3.63) is 95.0 Å². The highest BCUT2D eigenvalue weighted by atomic mass is 35.5. The lowest BCUT2D eigenvalue weighted by atomic mass is 10.1. The first-order chi connectivity index (χ1) is 18.1. The molecule has 0 fully saturated rings. The molecule has 0 aliphatic rings. The maximum atomic E-state index is 13.9. The molecular weight excluding hydrogens is 536 g/mol. The summed E-state index contributed by atoms with van der Waals surface area (Å²) in [4.78, 5) is 27.8. The molecule has 0 saturated carbocycles. The van der Waals surface area contributed by atoms with E-state index in [-0.39, 0.29) is 28.6 Å². The highest BCUT2D eigenvalue weighted by Crippen LogP contribution is 2.28. The lowest BCUT2D eigenvalue weighted by Gasteiger charge is -2.33. The number of nitrogens with one attached hydrogen (secondary N) is 1. The second-order valence-corrected chi connectivity index (χ2v) is 10.7. The van der Waals surface area contributed by atoms with Crippen LogP contribution in [0.2, 0.25) is 5.02 Å². The minimum atomic E-state index is -4.30. The first-order valence-electron chi connectivity index (χ1n) is 11.9. The molecule has 0 bridgehead atoms. The van der Waals surface area contributed by atoms with E-state index in [1.807, 2.05) is 0 Å². The van der Waals surface area contributed by atoms with Crippen molar-refractivity contribution in [1.29, 1.82) is 0 Å². The fourth-order valence-corrected chi connectivity index (χ4v) is 5.49. The smallest absolute Gasteiger partial charge is 0.264 e. The van der Waals surface area contributed by atoms with Gasteiger partial charge in [0.1, 0.15) is 24.2 Å². The molecule has 3 aromatic carbocycles. The van der Waals surface area contributed by atoms with E-state index in [1.54, 1.807) is 19.9 Å². The van der Waals surface area contributed by atoms with Crippen molar-refractivity contribution >= 4 is 39.1 Å². The van der Waals surface area contributed by atoms with Crippen LogP contribution in [0.5, 0.6) is 0 Å². The van der Waals surface area contributed by atoms with Gasteiger partial charge in [0.15, 0.2) is 0 Å². The van der Waals surface area contributed by atoms with Gasteiger partial charge in [0.25, 0.3) is 10.0 Å². The number of sulfonamides is 1. The number of halogens is 3. The lowest BCUT2D eigenvalue weighted by molar-refractivity contribution is -0.140. The van der Waals surface area contributed by atoms with Gasteiger partial charge in [-0.05, 0) is 61.4 Å². The minimum Gasteiger partial charge on any atom is -0.355 e. The fourth-order valence-electron chi connectivity index (χ4n) is 3.89. The van der Waals surface area contributed by atoms with E-state index in [4.69, 9.17) is 11.6 Å². The van der Waals surface area contributed by atoms with Crippen LogP contribution >= 0.6 is 11.6 Å². The van der Waals surface area contributed by atoms with E-state index in [0.29, 0.717) is 12.1 Å². The van der Waals surface area contributed by atoms with E-state index in [9.17, 15) is 26.8 Å². The molecule has 11 heteroatoms. The van der Waals surface area contributed by atoms with Crippen LogP contribution in [0.3, 0.4) is 0 Å². The number of amides is 2. The first kappa shape index (κ1) is 29.1. The van der Waals surface area contributed by atoms with Gasteiger partial charge in [-0.25, -0.2) is 17.2 Å². The zero-order valence-electron chi connectivity index (χ0n) is 20.9. The topological polar surface area (TPSA) is 86.8 Å². The average molecular weight is 564 g/mol. The number of hydrogen-bond donors (Lipinski definition) is 1. The number of hydrogen-bond acceptors (Lipinski definition) is 4. The Bertz CT molecular complexity index is 1370. The van der Waals surface area contributed by atoms with Gasteiger partial charge in [0.2, 0.25) is 11.8 Å². The van der Waals surface area contributed by atoms with Crippen molar-refractivity contribution in [3.8, 4) is 0 Å². The van der Waals surface area contributed by atoms with Crippen LogP contribution in [0.4, 0.5) is 14.5 Å². The summed E-state index contributed by atoms with van der Waals surface area (Å²) in [6.45, 7) is 3.03. The van der Waals surface area contributed by atoms with Gasteiger partial charge in [-0.2, -0.15) is 0 Å². The molecule has 1 unspecified atom stereocenters. The summed E-state index contributed by atoms with van der Waals surface area (Å²) in [5, 5.41) is 2.38. The molecule has 0 aromatic heterocycles. The fraction of sp³-hybridized carbons (Fsp3) is 0.259. The van der Waals surface area contributed by atoms with Crippen LogP contribution in [-0.4, -0.2) is 44.3 Å². The Labute approximate surface area is 226 Å². The third-order valence-electron chi connectivity index (χ3n) is 5.80. The highest BCUT2D eigenvalue weighted by Gasteiger charge is 2.33. The second-order valence-electron chi connectivity index (χ2n) is 8.39. The van der Waals surface area contributed by atoms with Crippen LogP contribution in [0.25, 0.3) is 0 Å². The number of likely N-dealkylation sites (N-methyl/N-ethyl adjacent to an activating group) is 1. The van der Waals surface area contributed by atoms with Crippen LogP contribution in [0.1, 0.15) is 25.8 Å². The van der Waals surface area contributed by atoms with E-state index in [2.05, 4.69) is 5.32 Å². The molecular formula is C27H28ClF2N3O4S. The largest absolute Gasteiger partial charge is 0.355 e. The van der Waals surface area contributed by atoms with E-state index >= 15 is 0 Å². The summed E-state index contributed by atoms with van der Waals surface area (Å²) < 4.78 is 55.5. The third kappa shape index (κ3) is 6.87. The van der Waals surface area contributed by atoms with Crippen LogP contribution in [-0.2, 0) is 26.2 Å². The molecule has 1 atom stereocenters. The van der Waals surface area contributed by atoms with E-state index in [1.165, 1.54) is 59.5 Å². The molecule has 2 amide bonds. The highest BCUT2D eigenvalue weighted by molar-refractivity contribution is 7.92. The summed E-state index contributed by atoms with van der Waals surface area (Å²) in [7, 11) is -4.30. The van der Waals surface area contributed by atoms with Crippen molar-refractivity contribution in [3.63, 3.8) is 0 Å². The normalized spacial score (nSPS) is 12.0. The molecule has 1 N–H and O–H groups in total. The van der Waals surface area contributed by atoms with E-state index in [0.717, 1.165) is 16.4 Å². The molecule has 38 heavy (non-hydrogen) atoms. The van der Waals surface area contributed by atoms with Gasteiger partial charge >= 0.3 is 0 Å². The predicted octanol–water partition coefficient (Wildman–Crippen LogP) is 4.76. The Balaban J connectivity index is 2.06. The number of carbonyl (C=O) groups is 2. The van der Waals surface area contributed by atoms with Gasteiger partial charge in [-0.3, -0.25) is 13.9 Å². The van der Waals surface area contributed by atoms with Crippen molar-refractivity contribution in [2.75, 3.05) is 17.4 Å². The Morgan fingerprint density at radius 1 is 0.974 bits per heavy atom. The van der Waals surface area contributed by atoms with E-state index < -0.39 is 46.1 Å². The quantitative estimate of drug-likeness (QED) is 0.364. The Morgan fingerprint density at radius 3 is 2.21 bits per heavy atom. The summed E-state index contributed by atoms with van der Waals surface area (Å²) in [5.74, 6) is -2.31. The minimum absolute atomic E-state index is 0.0265. The SMILES string of the molecule is CCNC(=O)C(CC)N(Cc1ccc(F)cc1)C(=O)CN(c1ccc(F)c(Cl)c1)S(=O)(=O)c1ccccc1. The summed E-state index contributed by atoms with van der Waals surface area (Å²) in [5.41, 5.74) is 0.520. The molecule has 0 spiro atoms. The molecule has 0 radical (unpaired) electrons. The molecule has 0 aliphatic heterocycles. The number of rotatable bonds is 11. The van der Waals surface area contributed by atoms with Gasteiger partial charge in [0.05, 0.1) is 15.6 Å². The number of benzene rings is 3. The summed E-state index contributed by atoms with van der Waals surface area (Å²) in [6.07, 6.45) is 0.243. The van der Waals surface area contributed by atoms with Gasteiger partial charge < -0.3 is 10.2 Å². The second kappa shape index (κ2) is 12.8. The molecule has 0 aliphatic carbocycles. The Hall–Kier alpha value is -3.50. The lowest BCUT2D eigenvalue weighted by Crippen LogP contribution is -2.52. The Kier molecular flexibility index (Phi) is 9.82. The zero-order chi connectivity index (χ0) is 27.9. The van der Waals surface area contributed by atoms with Gasteiger partial charge in [-0.1, -0.05) is 48.9 Å². The monoisotopic (exact) mass is 563 g/mol. The molecule has 0 heterocycles. The molecule has 7 nitrogen and oxygen atoms in total. The van der Waals surface area contributed by atoms with Crippen LogP contribution in [0, 0.1) is 11.6 Å². The maximum absolute atomic E-state index is 13.9. The first-order valence-corrected chi connectivity index (χ1v) is 13.7. The number of anilines is 1. The number of carbonyl (C=O) groups excluding carboxylic acids is 2. The van der Waals surface area contributed by atoms with Gasteiger partial charge in [-0.15, -0.1) is 0 Å². The molecule has 202 valence electrons.